The van der Waals surface area contributed by atoms with Crippen molar-refractivity contribution in [1.29, 1.82) is 0 Å². The molecule has 0 spiro atoms. The average molecular weight is 318 g/mol. The van der Waals surface area contributed by atoms with Crippen molar-refractivity contribution in [1.82, 2.24) is 15.2 Å². The molecule has 1 unspecified atom stereocenters. The number of ether oxygens (including phenoxy) is 1. The number of nitrogens with one attached hydrogen (secondary N) is 1. The highest BCUT2D eigenvalue weighted by molar-refractivity contribution is 5.90. The van der Waals surface area contributed by atoms with Crippen LogP contribution in [0.1, 0.15) is 16.4 Å². The van der Waals surface area contributed by atoms with E-state index >= 15 is 0 Å². The number of primary amides is 1. The van der Waals surface area contributed by atoms with Crippen LogP contribution < -0.4 is 11.1 Å². The summed E-state index contributed by atoms with van der Waals surface area (Å²) in [6, 6.07) is -0.798. The molecule has 1 atom stereocenters. The van der Waals surface area contributed by atoms with Crippen LogP contribution in [-0.4, -0.2) is 60.5 Å². The molecule has 2 amide bonds. The maximum absolute atomic E-state index is 12.5. The number of alkyl halides is 2. The number of hydrogen-bond donors (Lipinski definition) is 2. The van der Waals surface area contributed by atoms with Gasteiger partial charge in [0, 0.05) is 6.54 Å². The Morgan fingerprint density at radius 3 is 2.95 bits per heavy atom. The molecule has 0 aromatic carbocycles. The zero-order chi connectivity index (χ0) is 16.1. The van der Waals surface area contributed by atoms with Gasteiger partial charge in [-0.15, -0.1) is 0 Å². The van der Waals surface area contributed by atoms with E-state index in [1.54, 1.807) is 0 Å². The van der Waals surface area contributed by atoms with Crippen molar-refractivity contribution in [3.63, 3.8) is 0 Å². The van der Waals surface area contributed by atoms with Crippen LogP contribution in [0, 0.1) is 0 Å². The summed E-state index contributed by atoms with van der Waals surface area (Å²) in [6.45, 7) is 0.0273. The number of nitrogens with two attached hydrogens (primary N) is 1. The third-order valence-corrected chi connectivity index (χ3v) is 3.13. The predicted molar refractivity (Wildman–Crippen MR) is 69.1 cm³/mol. The summed E-state index contributed by atoms with van der Waals surface area (Å²) in [4.78, 5) is 28.1. The van der Waals surface area contributed by atoms with E-state index in [1.165, 1.54) is 4.90 Å². The maximum Gasteiger partial charge on any atom is 0.270 e. The van der Waals surface area contributed by atoms with Crippen LogP contribution in [-0.2, 0) is 16.1 Å². The fourth-order valence-corrected chi connectivity index (χ4v) is 2.06. The van der Waals surface area contributed by atoms with Gasteiger partial charge < -0.3 is 20.2 Å². The van der Waals surface area contributed by atoms with Gasteiger partial charge in [0.1, 0.15) is 12.3 Å². The molecule has 0 bridgehead atoms. The fourth-order valence-electron chi connectivity index (χ4n) is 2.06. The molecule has 0 radical (unpaired) electrons. The minimum absolute atomic E-state index is 0.0384. The van der Waals surface area contributed by atoms with Gasteiger partial charge in [0.05, 0.1) is 26.3 Å². The average Bonchev–Trinajstić information content (AvgIpc) is 2.94. The smallest absolute Gasteiger partial charge is 0.270 e. The summed E-state index contributed by atoms with van der Waals surface area (Å²) >= 11 is 0. The highest BCUT2D eigenvalue weighted by Gasteiger charge is 2.31. The molecule has 8 nitrogen and oxygen atoms in total. The molecule has 0 saturated carbocycles. The molecule has 3 N–H and O–H groups in total. The van der Waals surface area contributed by atoms with E-state index in [1.807, 2.05) is 0 Å². The number of halogens is 2. The Morgan fingerprint density at radius 2 is 2.32 bits per heavy atom. The van der Waals surface area contributed by atoms with E-state index in [4.69, 9.17) is 14.9 Å². The topological polar surface area (TPSA) is 111 Å². The second kappa shape index (κ2) is 7.27. The number of aromatic nitrogens is 1. The Bertz CT molecular complexity index is 537. The van der Waals surface area contributed by atoms with Crippen LogP contribution >= 0.6 is 0 Å². The molecule has 22 heavy (non-hydrogen) atoms. The number of amides is 2. The third-order valence-electron chi connectivity index (χ3n) is 3.13. The first-order chi connectivity index (χ1) is 10.5. The van der Waals surface area contributed by atoms with Crippen molar-refractivity contribution in [2.45, 2.75) is 19.0 Å². The van der Waals surface area contributed by atoms with Crippen LogP contribution in [0.4, 0.5) is 8.78 Å². The van der Waals surface area contributed by atoms with Crippen LogP contribution in [0.25, 0.3) is 0 Å². The molecule has 1 fully saturated rings. The lowest BCUT2D eigenvalue weighted by Crippen LogP contribution is -2.54. The first-order valence-electron chi connectivity index (χ1n) is 6.59. The summed E-state index contributed by atoms with van der Waals surface area (Å²) in [7, 11) is 0. The third kappa shape index (κ3) is 4.21. The van der Waals surface area contributed by atoms with Gasteiger partial charge in [-0.3, -0.25) is 14.5 Å². The van der Waals surface area contributed by atoms with Crippen molar-refractivity contribution < 1.29 is 27.5 Å². The zero-order valence-corrected chi connectivity index (χ0v) is 11.6. The Kier molecular flexibility index (Phi) is 5.39. The standard InChI is InChI=1S/C12H16F2N4O4/c13-9(14)4-18-1-2-21-6-8(18)12(20)16-3-10-17-7(5-22-10)11(15)19/h5,8-9H,1-4,6H2,(H2,15,19)(H,16,20). The van der Waals surface area contributed by atoms with E-state index in [2.05, 4.69) is 10.3 Å². The molecule has 1 aliphatic heterocycles. The first kappa shape index (κ1) is 16.3. The van der Waals surface area contributed by atoms with Crippen LogP contribution in [0.3, 0.4) is 0 Å². The molecular weight excluding hydrogens is 302 g/mol. The van der Waals surface area contributed by atoms with E-state index in [0.717, 1.165) is 6.26 Å². The fraction of sp³-hybridized carbons (Fsp3) is 0.583. The summed E-state index contributed by atoms with van der Waals surface area (Å²) in [5, 5.41) is 2.51. The number of rotatable bonds is 6. The predicted octanol–water partition coefficient (Wildman–Crippen LogP) is -0.644. The van der Waals surface area contributed by atoms with E-state index in [0.29, 0.717) is 6.61 Å². The molecule has 1 aliphatic rings. The molecule has 1 saturated heterocycles. The number of nitrogens with zero attached hydrogens (tertiary/aromatic N) is 2. The summed E-state index contributed by atoms with van der Waals surface area (Å²) in [6.07, 6.45) is -1.45. The number of hydrogen-bond acceptors (Lipinski definition) is 6. The van der Waals surface area contributed by atoms with Crippen molar-refractivity contribution in [3.8, 4) is 0 Å². The normalized spacial score (nSPS) is 19.3. The van der Waals surface area contributed by atoms with Crippen LogP contribution in [0.2, 0.25) is 0 Å². The summed E-state index contributed by atoms with van der Waals surface area (Å²) < 4.78 is 35.1. The number of morpholine rings is 1. The molecule has 122 valence electrons. The number of carbonyl (C=O) groups is 2. The largest absolute Gasteiger partial charge is 0.446 e. The molecular formula is C12H16F2N4O4. The van der Waals surface area contributed by atoms with E-state index in [9.17, 15) is 18.4 Å². The van der Waals surface area contributed by atoms with Gasteiger partial charge in [-0.25, -0.2) is 13.8 Å². The van der Waals surface area contributed by atoms with Gasteiger partial charge in [-0.1, -0.05) is 0 Å². The molecule has 2 heterocycles. The second-order valence-electron chi connectivity index (χ2n) is 4.69. The van der Waals surface area contributed by atoms with Gasteiger partial charge >= 0.3 is 0 Å². The molecule has 2 rings (SSSR count). The van der Waals surface area contributed by atoms with Crippen LogP contribution in [0.15, 0.2) is 10.7 Å². The quantitative estimate of drug-likeness (QED) is 0.721. The van der Waals surface area contributed by atoms with E-state index in [-0.39, 0.29) is 31.3 Å². The highest BCUT2D eigenvalue weighted by Crippen LogP contribution is 2.10. The van der Waals surface area contributed by atoms with Gasteiger partial charge in [0.15, 0.2) is 5.69 Å². The second-order valence-corrected chi connectivity index (χ2v) is 4.69. The van der Waals surface area contributed by atoms with Crippen molar-refractivity contribution in [3.05, 3.63) is 17.8 Å². The molecule has 0 aliphatic carbocycles. The van der Waals surface area contributed by atoms with E-state index < -0.39 is 30.8 Å². The van der Waals surface area contributed by atoms with Gasteiger partial charge in [-0.2, -0.15) is 0 Å². The summed E-state index contributed by atoms with van der Waals surface area (Å²) in [5.74, 6) is -1.12. The Balaban J connectivity index is 1.90. The van der Waals surface area contributed by atoms with Crippen molar-refractivity contribution in [2.24, 2.45) is 5.73 Å². The Hall–Kier alpha value is -2.07. The van der Waals surface area contributed by atoms with Gasteiger partial charge in [0.2, 0.25) is 11.8 Å². The lowest BCUT2D eigenvalue weighted by Gasteiger charge is -2.34. The van der Waals surface area contributed by atoms with Crippen molar-refractivity contribution in [2.75, 3.05) is 26.3 Å². The molecule has 10 heteroatoms. The lowest BCUT2D eigenvalue weighted by atomic mass is 10.2. The Labute approximate surface area is 124 Å². The zero-order valence-electron chi connectivity index (χ0n) is 11.6. The molecule has 1 aromatic heterocycles. The molecule has 1 aromatic rings. The lowest BCUT2D eigenvalue weighted by molar-refractivity contribution is -0.134. The minimum Gasteiger partial charge on any atom is -0.446 e. The maximum atomic E-state index is 12.5. The minimum atomic E-state index is -2.53. The van der Waals surface area contributed by atoms with Gasteiger partial charge in [0.25, 0.3) is 12.3 Å². The van der Waals surface area contributed by atoms with Crippen LogP contribution in [0.5, 0.6) is 0 Å². The van der Waals surface area contributed by atoms with Gasteiger partial charge in [-0.05, 0) is 0 Å². The van der Waals surface area contributed by atoms with Crippen molar-refractivity contribution >= 4 is 11.8 Å². The summed E-state index contributed by atoms with van der Waals surface area (Å²) in [5.41, 5.74) is 4.97. The Morgan fingerprint density at radius 1 is 1.55 bits per heavy atom. The highest BCUT2D eigenvalue weighted by atomic mass is 19.3. The SMILES string of the molecule is NC(=O)c1coc(CNC(=O)C2COCCN2CC(F)F)n1. The number of carbonyl (C=O) groups excluding carboxylic acids is 2. The monoisotopic (exact) mass is 318 g/mol. The first-order valence-corrected chi connectivity index (χ1v) is 6.59. The number of oxazole rings is 1.